The largest absolute Gasteiger partial charge is 0.495 e. The molecule has 3 aromatic rings. The lowest BCUT2D eigenvalue weighted by Gasteiger charge is -2.20. The molecule has 0 atom stereocenters. The van der Waals surface area contributed by atoms with Gasteiger partial charge in [0.1, 0.15) is 51.9 Å². The number of ether oxygens (including phenoxy) is 3. The fourth-order valence-electron chi connectivity index (χ4n) is 3.46. The number of aliphatic hydroxyl groups excluding tert-OH is 1. The number of nitrogens with one attached hydrogen (secondary N) is 3. The van der Waals surface area contributed by atoms with E-state index in [1.165, 1.54) is 38.6 Å². The van der Waals surface area contributed by atoms with E-state index in [4.69, 9.17) is 42.5 Å². The van der Waals surface area contributed by atoms with Crippen LogP contribution in [0.5, 0.6) is 17.2 Å². The highest BCUT2D eigenvalue weighted by Crippen LogP contribution is 2.44. The quantitative estimate of drug-likeness (QED) is 0.219. The molecule has 0 radical (unpaired) electrons. The molecule has 3 rings (SSSR count). The lowest BCUT2D eigenvalue weighted by molar-refractivity contribution is -0.116. The summed E-state index contributed by atoms with van der Waals surface area (Å²) in [4.78, 5) is 35.1. The third kappa shape index (κ3) is 7.56. The average Bonchev–Trinajstić information content (AvgIpc) is 2.95. The number of carbonyl (C=O) groups is 2. The fraction of sp³-hybridized carbons (Fsp3) is 0.308. The molecule has 214 valence electrons. The molecule has 0 aliphatic heterocycles. The Labute approximate surface area is 241 Å². The van der Waals surface area contributed by atoms with Crippen molar-refractivity contribution in [1.82, 2.24) is 9.97 Å². The number of carbonyl (C=O) groups excluding carboxylic acids is 2. The van der Waals surface area contributed by atoms with Gasteiger partial charge < -0.3 is 35.3 Å². The highest BCUT2D eigenvalue weighted by molar-refractivity contribution is 6.41. The highest BCUT2D eigenvalue weighted by atomic mass is 35.5. The van der Waals surface area contributed by atoms with Crippen molar-refractivity contribution in [3.8, 4) is 17.2 Å². The molecule has 0 saturated heterocycles. The van der Waals surface area contributed by atoms with Gasteiger partial charge in [-0.3, -0.25) is 9.69 Å². The number of aromatic nitrogens is 2. The Balaban J connectivity index is 1.84. The van der Waals surface area contributed by atoms with Crippen LogP contribution in [0, 0.1) is 0 Å². The minimum atomic E-state index is -0.596. The van der Waals surface area contributed by atoms with Crippen molar-refractivity contribution in [2.24, 2.45) is 0 Å². The minimum Gasteiger partial charge on any atom is -0.495 e. The summed E-state index contributed by atoms with van der Waals surface area (Å²) in [6, 6.07) is 7.49. The zero-order chi connectivity index (χ0) is 29.2. The van der Waals surface area contributed by atoms with Crippen LogP contribution in [-0.2, 0) is 4.79 Å². The molecule has 0 aliphatic rings. The predicted molar refractivity (Wildman–Crippen MR) is 155 cm³/mol. The maximum absolute atomic E-state index is 13.1. The van der Waals surface area contributed by atoms with Crippen LogP contribution >= 0.6 is 23.2 Å². The molecule has 0 bridgehead atoms. The summed E-state index contributed by atoms with van der Waals surface area (Å²) in [5.74, 6) is 1.43. The number of urea groups is 1. The topological polar surface area (TPSA) is 147 Å². The molecule has 40 heavy (non-hydrogen) atoms. The Morgan fingerprint density at radius 3 is 2.33 bits per heavy atom. The number of methoxy groups -OCH3 is 2. The standard InChI is InChI=1S/C26H30Cl2N6O6/c1-5-6-22(36)32-17-11-15(40-10-9-35)7-8-16(17)31-20-13-21(30-14-29-20)34(2)26(37)33-25-23(27)18(38-3)12-19(39-4)24(25)28/h7-8,11-14,35H,5-6,9-10H2,1-4H3,(H,32,36)(H,33,37)(H,29,30,31). The van der Waals surface area contributed by atoms with Gasteiger partial charge in [-0.15, -0.1) is 0 Å². The molecule has 0 fully saturated rings. The summed E-state index contributed by atoms with van der Waals surface area (Å²) < 4.78 is 16.0. The summed E-state index contributed by atoms with van der Waals surface area (Å²) >= 11 is 12.8. The number of amides is 3. The van der Waals surface area contributed by atoms with E-state index in [-0.39, 0.29) is 52.2 Å². The molecule has 1 heterocycles. The molecule has 4 N–H and O–H groups in total. The van der Waals surface area contributed by atoms with Crippen LogP contribution < -0.4 is 35.1 Å². The van der Waals surface area contributed by atoms with E-state index in [9.17, 15) is 9.59 Å². The van der Waals surface area contributed by atoms with E-state index >= 15 is 0 Å². The second-order valence-corrected chi connectivity index (χ2v) is 8.99. The molecule has 0 aliphatic carbocycles. The first kappa shape index (κ1) is 30.5. The van der Waals surface area contributed by atoms with Crippen LogP contribution in [-0.4, -0.2) is 61.5 Å². The van der Waals surface area contributed by atoms with Crippen molar-refractivity contribution in [3.05, 3.63) is 46.7 Å². The number of hydrogen-bond acceptors (Lipinski definition) is 9. The second kappa shape index (κ2) is 14.4. The van der Waals surface area contributed by atoms with Gasteiger partial charge in [-0.2, -0.15) is 0 Å². The molecule has 0 spiro atoms. The van der Waals surface area contributed by atoms with Crippen molar-refractivity contribution in [2.75, 3.05) is 55.3 Å². The minimum absolute atomic E-state index is 0.101. The normalized spacial score (nSPS) is 10.5. The SMILES string of the molecule is CCCC(=O)Nc1cc(OCCO)ccc1Nc1cc(N(C)C(=O)Nc2c(Cl)c(OC)cc(OC)c2Cl)ncn1. The average molecular weight is 593 g/mol. The predicted octanol–water partition coefficient (Wildman–Crippen LogP) is 5.32. The van der Waals surface area contributed by atoms with Gasteiger partial charge >= 0.3 is 6.03 Å². The maximum atomic E-state index is 13.1. The summed E-state index contributed by atoms with van der Waals surface area (Å²) in [5, 5.41) is 17.9. The number of benzene rings is 2. The monoisotopic (exact) mass is 592 g/mol. The molecule has 0 unspecified atom stereocenters. The van der Waals surface area contributed by atoms with Crippen LogP contribution in [0.25, 0.3) is 0 Å². The molecule has 2 aromatic carbocycles. The van der Waals surface area contributed by atoms with Crippen molar-refractivity contribution in [1.29, 1.82) is 0 Å². The molecular formula is C26H30Cl2N6O6. The molecule has 1 aromatic heterocycles. The number of hydrogen-bond donors (Lipinski definition) is 4. The van der Waals surface area contributed by atoms with Crippen molar-refractivity contribution >= 4 is 63.8 Å². The number of anilines is 5. The van der Waals surface area contributed by atoms with Crippen LogP contribution in [0.15, 0.2) is 36.7 Å². The Hall–Kier alpha value is -4.00. The highest BCUT2D eigenvalue weighted by Gasteiger charge is 2.22. The smallest absolute Gasteiger partial charge is 0.327 e. The zero-order valence-electron chi connectivity index (χ0n) is 22.4. The first-order valence-electron chi connectivity index (χ1n) is 12.1. The van der Waals surface area contributed by atoms with Crippen molar-refractivity contribution < 1.29 is 28.9 Å². The van der Waals surface area contributed by atoms with E-state index < -0.39 is 6.03 Å². The van der Waals surface area contributed by atoms with E-state index in [0.717, 1.165) is 0 Å². The van der Waals surface area contributed by atoms with Gasteiger partial charge in [0.15, 0.2) is 0 Å². The van der Waals surface area contributed by atoms with Crippen molar-refractivity contribution in [3.63, 3.8) is 0 Å². The molecule has 12 nitrogen and oxygen atoms in total. The maximum Gasteiger partial charge on any atom is 0.327 e. The lowest BCUT2D eigenvalue weighted by Crippen LogP contribution is -2.32. The van der Waals surface area contributed by atoms with Crippen molar-refractivity contribution in [2.45, 2.75) is 19.8 Å². The van der Waals surface area contributed by atoms with Gasteiger partial charge in [0.05, 0.1) is 37.9 Å². The Bertz CT molecular complexity index is 1330. The van der Waals surface area contributed by atoms with Crippen LogP contribution in [0.4, 0.5) is 33.5 Å². The molecule has 3 amide bonds. The number of halogens is 2. The number of aliphatic hydroxyl groups is 1. The van der Waals surface area contributed by atoms with E-state index in [1.807, 2.05) is 6.92 Å². The van der Waals surface area contributed by atoms with Crippen LogP contribution in [0.2, 0.25) is 10.0 Å². The first-order chi connectivity index (χ1) is 19.2. The lowest BCUT2D eigenvalue weighted by atomic mass is 10.2. The fourth-order valence-corrected chi connectivity index (χ4v) is 4.05. The Morgan fingerprint density at radius 2 is 1.70 bits per heavy atom. The van der Waals surface area contributed by atoms with Gasteiger partial charge in [0, 0.05) is 31.7 Å². The third-order valence-corrected chi connectivity index (χ3v) is 6.22. The zero-order valence-corrected chi connectivity index (χ0v) is 23.9. The van der Waals surface area contributed by atoms with E-state index in [1.54, 1.807) is 24.3 Å². The van der Waals surface area contributed by atoms with E-state index in [2.05, 4.69) is 25.9 Å². The summed E-state index contributed by atoms with van der Waals surface area (Å²) in [6.07, 6.45) is 2.30. The summed E-state index contributed by atoms with van der Waals surface area (Å²) in [5.41, 5.74) is 1.09. The summed E-state index contributed by atoms with van der Waals surface area (Å²) in [7, 11) is 4.36. The second-order valence-electron chi connectivity index (χ2n) is 8.24. The molecule has 0 saturated carbocycles. The Kier molecular flexibility index (Phi) is 11.0. The molecular weight excluding hydrogens is 563 g/mol. The van der Waals surface area contributed by atoms with Gasteiger partial charge in [-0.05, 0) is 18.6 Å². The number of nitrogens with zero attached hydrogens (tertiary/aromatic N) is 3. The van der Waals surface area contributed by atoms with Gasteiger partial charge in [0.25, 0.3) is 0 Å². The van der Waals surface area contributed by atoms with E-state index in [0.29, 0.717) is 35.8 Å². The van der Waals surface area contributed by atoms with Gasteiger partial charge in [-0.25, -0.2) is 14.8 Å². The first-order valence-corrected chi connectivity index (χ1v) is 12.9. The van der Waals surface area contributed by atoms with Crippen LogP contribution in [0.1, 0.15) is 19.8 Å². The molecule has 14 heteroatoms. The third-order valence-electron chi connectivity index (χ3n) is 5.47. The summed E-state index contributed by atoms with van der Waals surface area (Å²) in [6.45, 7) is 1.87. The van der Waals surface area contributed by atoms with Crippen LogP contribution in [0.3, 0.4) is 0 Å². The van der Waals surface area contributed by atoms with Gasteiger partial charge in [0.2, 0.25) is 5.91 Å². The Morgan fingerprint density at radius 1 is 1.00 bits per heavy atom. The van der Waals surface area contributed by atoms with Gasteiger partial charge in [-0.1, -0.05) is 30.1 Å². The number of rotatable bonds is 12.